The molecule has 2 aromatic rings. The van der Waals surface area contributed by atoms with Crippen molar-refractivity contribution >= 4 is 21.6 Å². The fraction of sp³-hybridized carbons (Fsp3) is 0.533. The molecule has 0 atom stereocenters. The van der Waals surface area contributed by atoms with Gasteiger partial charge < -0.3 is 10.4 Å². The highest BCUT2D eigenvalue weighted by Crippen LogP contribution is 2.25. The molecule has 0 aliphatic rings. The number of fused-ring (bicyclic) bond motifs is 1. The van der Waals surface area contributed by atoms with Crippen molar-refractivity contribution < 1.29 is 5.11 Å². The molecule has 104 valence electrons. The molecule has 0 spiro atoms. The molecule has 1 heterocycles. The minimum atomic E-state index is 0.0106. The van der Waals surface area contributed by atoms with Crippen molar-refractivity contribution in [2.24, 2.45) is 5.41 Å². The molecule has 1 aromatic heterocycles. The van der Waals surface area contributed by atoms with Crippen molar-refractivity contribution in [2.75, 3.05) is 13.2 Å². The smallest absolute Gasteiger partial charge is 0.108 e. The number of nitrogens with one attached hydrogen (secondary N) is 1. The summed E-state index contributed by atoms with van der Waals surface area (Å²) in [5.74, 6) is 0. The van der Waals surface area contributed by atoms with Crippen LogP contribution in [0.3, 0.4) is 0 Å². The van der Waals surface area contributed by atoms with E-state index in [4.69, 9.17) is 0 Å². The van der Waals surface area contributed by atoms with Gasteiger partial charge in [-0.2, -0.15) is 0 Å². The van der Waals surface area contributed by atoms with E-state index in [1.807, 2.05) is 18.2 Å². The number of aliphatic hydroxyl groups excluding tert-OH is 1. The van der Waals surface area contributed by atoms with Gasteiger partial charge in [-0.25, -0.2) is 4.98 Å². The topological polar surface area (TPSA) is 45.1 Å². The van der Waals surface area contributed by atoms with E-state index in [2.05, 4.69) is 30.2 Å². The third-order valence-electron chi connectivity index (χ3n) is 3.95. The van der Waals surface area contributed by atoms with Crippen LogP contribution in [0.4, 0.5) is 0 Å². The fourth-order valence-electron chi connectivity index (χ4n) is 2.21. The van der Waals surface area contributed by atoms with Gasteiger partial charge in [0.25, 0.3) is 0 Å². The summed E-state index contributed by atoms with van der Waals surface area (Å²) in [6.45, 7) is 6.14. The Labute approximate surface area is 118 Å². The summed E-state index contributed by atoms with van der Waals surface area (Å²) in [5, 5.41) is 14.1. The highest BCUT2D eigenvalue weighted by atomic mass is 32.1. The number of hydrogen-bond donors (Lipinski definition) is 2. The number of rotatable bonds is 7. The van der Waals surface area contributed by atoms with Crippen LogP contribution < -0.4 is 5.32 Å². The molecule has 0 saturated heterocycles. The Morgan fingerprint density at radius 3 is 2.63 bits per heavy atom. The second kappa shape index (κ2) is 6.46. The fourth-order valence-corrected chi connectivity index (χ4v) is 3.15. The monoisotopic (exact) mass is 278 g/mol. The Morgan fingerprint density at radius 1 is 1.26 bits per heavy atom. The molecule has 0 amide bonds. The summed E-state index contributed by atoms with van der Waals surface area (Å²) in [6, 6.07) is 8.21. The van der Waals surface area contributed by atoms with Crippen molar-refractivity contribution in [3.63, 3.8) is 0 Å². The maximum atomic E-state index is 9.54. The van der Waals surface area contributed by atoms with Gasteiger partial charge in [-0.15, -0.1) is 11.3 Å². The lowest BCUT2D eigenvalue weighted by Gasteiger charge is -2.29. The molecule has 0 fully saturated rings. The van der Waals surface area contributed by atoms with Gasteiger partial charge in [0.1, 0.15) is 5.01 Å². The maximum absolute atomic E-state index is 9.54. The molecule has 0 radical (unpaired) electrons. The second-order valence-corrected chi connectivity index (χ2v) is 6.16. The van der Waals surface area contributed by atoms with E-state index in [0.717, 1.165) is 36.5 Å². The van der Waals surface area contributed by atoms with Crippen molar-refractivity contribution in [3.8, 4) is 0 Å². The van der Waals surface area contributed by atoms with Crippen LogP contribution in [0.1, 0.15) is 31.7 Å². The van der Waals surface area contributed by atoms with Crippen LogP contribution in [-0.2, 0) is 6.54 Å². The summed E-state index contributed by atoms with van der Waals surface area (Å²) in [7, 11) is 0. The minimum absolute atomic E-state index is 0.0106. The largest absolute Gasteiger partial charge is 0.396 e. The molecule has 0 bridgehead atoms. The molecule has 0 aliphatic heterocycles. The Morgan fingerprint density at radius 2 is 2.00 bits per heavy atom. The lowest BCUT2D eigenvalue weighted by molar-refractivity contribution is 0.113. The van der Waals surface area contributed by atoms with Crippen LogP contribution in [0.2, 0.25) is 0 Å². The van der Waals surface area contributed by atoms with E-state index in [0.29, 0.717) is 0 Å². The SMILES string of the molecule is CCC(CC)(CO)CNCc1nc2ccccc2s1. The molecular weight excluding hydrogens is 256 g/mol. The van der Waals surface area contributed by atoms with E-state index in [9.17, 15) is 5.11 Å². The van der Waals surface area contributed by atoms with Crippen LogP contribution in [-0.4, -0.2) is 23.2 Å². The Balaban J connectivity index is 1.95. The molecule has 2 rings (SSSR count). The minimum Gasteiger partial charge on any atom is -0.396 e. The van der Waals surface area contributed by atoms with Crippen LogP contribution in [0.25, 0.3) is 10.2 Å². The van der Waals surface area contributed by atoms with Crippen LogP contribution in [0.5, 0.6) is 0 Å². The summed E-state index contributed by atoms with van der Waals surface area (Å²) in [5.41, 5.74) is 1.08. The van der Waals surface area contributed by atoms with Crippen molar-refractivity contribution in [1.29, 1.82) is 0 Å². The zero-order chi connectivity index (χ0) is 13.7. The van der Waals surface area contributed by atoms with Gasteiger partial charge in [-0.3, -0.25) is 0 Å². The third-order valence-corrected chi connectivity index (χ3v) is 4.99. The average molecular weight is 278 g/mol. The van der Waals surface area contributed by atoms with Crippen molar-refractivity contribution in [2.45, 2.75) is 33.2 Å². The number of thiazole rings is 1. The standard InChI is InChI=1S/C15H22N2OS/c1-3-15(4-2,11-18)10-16-9-14-17-12-7-5-6-8-13(12)19-14/h5-8,16,18H,3-4,9-11H2,1-2H3. The first kappa shape index (κ1) is 14.4. The van der Waals surface area contributed by atoms with E-state index >= 15 is 0 Å². The predicted molar refractivity (Wildman–Crippen MR) is 81.4 cm³/mol. The summed E-state index contributed by atoms with van der Waals surface area (Å²) >= 11 is 1.73. The van der Waals surface area contributed by atoms with E-state index in [1.165, 1.54) is 4.70 Å². The Kier molecular flexibility index (Phi) is 4.91. The first-order valence-corrected chi connectivity index (χ1v) is 7.70. The molecule has 0 unspecified atom stereocenters. The highest BCUT2D eigenvalue weighted by molar-refractivity contribution is 7.18. The summed E-state index contributed by atoms with van der Waals surface area (Å²) in [6.07, 6.45) is 1.99. The van der Waals surface area contributed by atoms with Gasteiger partial charge in [0.15, 0.2) is 0 Å². The lowest BCUT2D eigenvalue weighted by Crippen LogP contribution is -2.36. The number of para-hydroxylation sites is 1. The summed E-state index contributed by atoms with van der Waals surface area (Å²) in [4.78, 5) is 4.60. The first-order chi connectivity index (χ1) is 9.23. The molecule has 0 aliphatic carbocycles. The Bertz CT molecular complexity index is 478. The zero-order valence-electron chi connectivity index (χ0n) is 11.6. The van der Waals surface area contributed by atoms with Crippen molar-refractivity contribution in [3.05, 3.63) is 29.3 Å². The highest BCUT2D eigenvalue weighted by Gasteiger charge is 2.24. The van der Waals surface area contributed by atoms with Gasteiger partial charge in [0.05, 0.1) is 10.2 Å². The molecule has 0 saturated carbocycles. The van der Waals surface area contributed by atoms with Gasteiger partial charge in [-0.05, 0) is 25.0 Å². The van der Waals surface area contributed by atoms with Crippen LogP contribution >= 0.6 is 11.3 Å². The second-order valence-electron chi connectivity index (χ2n) is 5.04. The number of aliphatic hydroxyl groups is 1. The normalized spacial score (nSPS) is 12.2. The van der Waals surface area contributed by atoms with Crippen LogP contribution in [0.15, 0.2) is 24.3 Å². The number of hydrogen-bond acceptors (Lipinski definition) is 4. The number of benzene rings is 1. The van der Waals surface area contributed by atoms with Crippen LogP contribution in [0, 0.1) is 5.41 Å². The van der Waals surface area contributed by atoms with E-state index in [1.54, 1.807) is 11.3 Å². The number of aromatic nitrogens is 1. The Hall–Kier alpha value is -0.970. The van der Waals surface area contributed by atoms with Gasteiger partial charge in [-0.1, -0.05) is 26.0 Å². The van der Waals surface area contributed by atoms with Crippen molar-refractivity contribution in [1.82, 2.24) is 10.3 Å². The zero-order valence-corrected chi connectivity index (χ0v) is 12.5. The molecule has 19 heavy (non-hydrogen) atoms. The predicted octanol–water partition coefficient (Wildman–Crippen LogP) is 3.18. The maximum Gasteiger partial charge on any atom is 0.108 e. The molecule has 4 heteroatoms. The molecule has 1 aromatic carbocycles. The summed E-state index contributed by atoms with van der Waals surface area (Å²) < 4.78 is 1.23. The number of nitrogens with zero attached hydrogens (tertiary/aromatic N) is 1. The quantitative estimate of drug-likeness (QED) is 0.817. The first-order valence-electron chi connectivity index (χ1n) is 6.89. The van der Waals surface area contributed by atoms with Gasteiger partial charge in [0.2, 0.25) is 0 Å². The molecule has 2 N–H and O–H groups in total. The average Bonchev–Trinajstić information content (AvgIpc) is 2.87. The lowest BCUT2D eigenvalue weighted by atomic mass is 9.83. The van der Waals surface area contributed by atoms with E-state index in [-0.39, 0.29) is 12.0 Å². The van der Waals surface area contributed by atoms with Gasteiger partial charge >= 0.3 is 0 Å². The van der Waals surface area contributed by atoms with E-state index < -0.39 is 0 Å². The molecule has 3 nitrogen and oxygen atoms in total. The molecular formula is C15H22N2OS. The van der Waals surface area contributed by atoms with Gasteiger partial charge in [0, 0.05) is 25.1 Å². The third kappa shape index (κ3) is 3.32.